The topological polar surface area (TPSA) is 15.3 Å². The van der Waals surface area contributed by atoms with Crippen molar-refractivity contribution in [3.63, 3.8) is 0 Å². The SMILES string of the molecule is Cc1ccc(N2CCC(CNC(C)C)C2)c(C)c1. The molecular formula is C16H26N2. The maximum Gasteiger partial charge on any atom is 0.0396 e. The Balaban J connectivity index is 1.95. The number of anilines is 1. The Morgan fingerprint density at radius 2 is 2.11 bits per heavy atom. The van der Waals surface area contributed by atoms with Crippen LogP contribution in [0.2, 0.25) is 0 Å². The minimum atomic E-state index is 0.597. The van der Waals surface area contributed by atoms with Gasteiger partial charge in [0.25, 0.3) is 0 Å². The van der Waals surface area contributed by atoms with Gasteiger partial charge in [0.1, 0.15) is 0 Å². The molecule has 1 N–H and O–H groups in total. The van der Waals surface area contributed by atoms with Gasteiger partial charge in [0.05, 0.1) is 0 Å². The second-order valence-corrected chi connectivity index (χ2v) is 5.95. The summed E-state index contributed by atoms with van der Waals surface area (Å²) >= 11 is 0. The molecule has 100 valence electrons. The number of hydrogen-bond donors (Lipinski definition) is 1. The van der Waals surface area contributed by atoms with E-state index < -0.39 is 0 Å². The molecule has 1 aliphatic rings. The van der Waals surface area contributed by atoms with Crippen LogP contribution in [-0.4, -0.2) is 25.7 Å². The zero-order valence-electron chi connectivity index (χ0n) is 12.2. The number of rotatable bonds is 4. The lowest BCUT2D eigenvalue weighted by molar-refractivity contribution is 0.480. The van der Waals surface area contributed by atoms with Crippen LogP contribution in [0.4, 0.5) is 5.69 Å². The second-order valence-electron chi connectivity index (χ2n) is 5.95. The van der Waals surface area contributed by atoms with Crippen LogP contribution in [0, 0.1) is 19.8 Å². The molecule has 0 aliphatic carbocycles. The molecule has 0 radical (unpaired) electrons. The first-order valence-electron chi connectivity index (χ1n) is 7.12. The van der Waals surface area contributed by atoms with E-state index in [0.717, 1.165) is 12.5 Å². The lowest BCUT2D eigenvalue weighted by Crippen LogP contribution is -2.30. The Morgan fingerprint density at radius 3 is 2.78 bits per heavy atom. The molecule has 1 saturated heterocycles. The van der Waals surface area contributed by atoms with Crippen molar-refractivity contribution in [3.05, 3.63) is 29.3 Å². The van der Waals surface area contributed by atoms with Gasteiger partial charge >= 0.3 is 0 Å². The van der Waals surface area contributed by atoms with Gasteiger partial charge in [-0.05, 0) is 44.4 Å². The van der Waals surface area contributed by atoms with Gasteiger partial charge in [0.2, 0.25) is 0 Å². The first-order chi connectivity index (χ1) is 8.56. The van der Waals surface area contributed by atoms with E-state index in [2.05, 4.69) is 56.1 Å². The third-order valence-corrected chi connectivity index (χ3v) is 3.79. The average molecular weight is 246 g/mol. The van der Waals surface area contributed by atoms with Crippen LogP contribution >= 0.6 is 0 Å². The van der Waals surface area contributed by atoms with E-state index >= 15 is 0 Å². The summed E-state index contributed by atoms with van der Waals surface area (Å²) in [5.41, 5.74) is 4.19. The van der Waals surface area contributed by atoms with Crippen LogP contribution in [0.5, 0.6) is 0 Å². The van der Waals surface area contributed by atoms with Gasteiger partial charge in [-0.2, -0.15) is 0 Å². The molecule has 18 heavy (non-hydrogen) atoms. The van der Waals surface area contributed by atoms with Gasteiger partial charge in [-0.15, -0.1) is 0 Å². The third-order valence-electron chi connectivity index (χ3n) is 3.79. The number of hydrogen-bond acceptors (Lipinski definition) is 2. The van der Waals surface area contributed by atoms with Crippen molar-refractivity contribution < 1.29 is 0 Å². The smallest absolute Gasteiger partial charge is 0.0396 e. The predicted octanol–water partition coefficient (Wildman–Crippen LogP) is 3.13. The molecule has 2 heteroatoms. The van der Waals surface area contributed by atoms with Crippen LogP contribution < -0.4 is 10.2 Å². The van der Waals surface area contributed by atoms with Crippen LogP contribution in [0.3, 0.4) is 0 Å². The molecule has 0 saturated carbocycles. The van der Waals surface area contributed by atoms with Crippen molar-refractivity contribution in [2.75, 3.05) is 24.5 Å². The van der Waals surface area contributed by atoms with Crippen molar-refractivity contribution in [2.45, 2.75) is 40.2 Å². The summed E-state index contributed by atoms with van der Waals surface area (Å²) in [6, 6.07) is 7.39. The molecular weight excluding hydrogens is 220 g/mol. The van der Waals surface area contributed by atoms with E-state index in [0.29, 0.717) is 6.04 Å². The number of benzene rings is 1. The summed E-state index contributed by atoms with van der Waals surface area (Å²) < 4.78 is 0. The Kier molecular flexibility index (Phi) is 4.28. The molecule has 1 aliphatic heterocycles. The Morgan fingerprint density at radius 1 is 1.33 bits per heavy atom. The first-order valence-corrected chi connectivity index (χ1v) is 7.12. The van der Waals surface area contributed by atoms with Gasteiger partial charge < -0.3 is 10.2 Å². The minimum absolute atomic E-state index is 0.597. The van der Waals surface area contributed by atoms with Crippen molar-refractivity contribution in [2.24, 2.45) is 5.92 Å². The largest absolute Gasteiger partial charge is 0.371 e. The van der Waals surface area contributed by atoms with Crippen LogP contribution in [0.15, 0.2) is 18.2 Å². The summed E-state index contributed by atoms with van der Waals surface area (Å²) in [4.78, 5) is 2.54. The van der Waals surface area contributed by atoms with Crippen LogP contribution in [0.25, 0.3) is 0 Å². The highest BCUT2D eigenvalue weighted by atomic mass is 15.2. The van der Waals surface area contributed by atoms with Gasteiger partial charge in [-0.3, -0.25) is 0 Å². The molecule has 1 aromatic rings. The standard InChI is InChI=1S/C16H26N2/c1-12(2)17-10-15-7-8-18(11-15)16-6-5-13(3)9-14(16)4/h5-6,9,12,15,17H,7-8,10-11H2,1-4H3. The monoisotopic (exact) mass is 246 g/mol. The fourth-order valence-corrected chi connectivity index (χ4v) is 2.78. The maximum absolute atomic E-state index is 3.56. The van der Waals surface area contributed by atoms with Crippen molar-refractivity contribution in [1.82, 2.24) is 5.32 Å². The molecule has 0 aromatic heterocycles. The number of nitrogens with one attached hydrogen (secondary N) is 1. The molecule has 1 atom stereocenters. The summed E-state index contributed by atoms with van der Waals surface area (Å²) in [6.45, 7) is 12.4. The fraction of sp³-hybridized carbons (Fsp3) is 0.625. The summed E-state index contributed by atoms with van der Waals surface area (Å²) in [6.07, 6.45) is 1.31. The molecule has 1 heterocycles. The van der Waals surface area contributed by atoms with Gasteiger partial charge in [-0.25, -0.2) is 0 Å². The Labute approximate surface area is 111 Å². The van der Waals surface area contributed by atoms with Crippen LogP contribution in [-0.2, 0) is 0 Å². The lowest BCUT2D eigenvalue weighted by atomic mass is 10.1. The average Bonchev–Trinajstić information content (AvgIpc) is 2.75. The highest BCUT2D eigenvalue weighted by Crippen LogP contribution is 2.27. The molecule has 2 rings (SSSR count). The quantitative estimate of drug-likeness (QED) is 0.878. The van der Waals surface area contributed by atoms with Crippen molar-refractivity contribution >= 4 is 5.69 Å². The minimum Gasteiger partial charge on any atom is -0.371 e. The summed E-state index contributed by atoms with van der Waals surface area (Å²) in [7, 11) is 0. The number of aryl methyl sites for hydroxylation is 2. The molecule has 0 bridgehead atoms. The Hall–Kier alpha value is -1.02. The maximum atomic E-state index is 3.56. The highest BCUT2D eigenvalue weighted by molar-refractivity contribution is 5.55. The van der Waals surface area contributed by atoms with E-state index in [-0.39, 0.29) is 0 Å². The molecule has 0 spiro atoms. The summed E-state index contributed by atoms with van der Waals surface area (Å²) in [5, 5.41) is 3.56. The van der Waals surface area contributed by atoms with E-state index in [1.807, 2.05) is 0 Å². The van der Waals surface area contributed by atoms with E-state index in [9.17, 15) is 0 Å². The highest BCUT2D eigenvalue weighted by Gasteiger charge is 2.23. The molecule has 0 amide bonds. The van der Waals surface area contributed by atoms with Crippen LogP contribution in [0.1, 0.15) is 31.4 Å². The Bertz CT molecular complexity index is 398. The second kappa shape index (κ2) is 5.75. The van der Waals surface area contributed by atoms with Crippen molar-refractivity contribution in [3.8, 4) is 0 Å². The molecule has 1 unspecified atom stereocenters. The fourth-order valence-electron chi connectivity index (χ4n) is 2.78. The number of nitrogens with zero attached hydrogens (tertiary/aromatic N) is 1. The molecule has 1 fully saturated rings. The zero-order valence-corrected chi connectivity index (χ0v) is 12.2. The van der Waals surface area contributed by atoms with E-state index in [1.165, 1.54) is 36.3 Å². The van der Waals surface area contributed by atoms with E-state index in [4.69, 9.17) is 0 Å². The predicted molar refractivity (Wildman–Crippen MR) is 79.4 cm³/mol. The zero-order chi connectivity index (χ0) is 13.1. The third kappa shape index (κ3) is 3.26. The lowest BCUT2D eigenvalue weighted by Gasteiger charge is -2.21. The van der Waals surface area contributed by atoms with E-state index in [1.54, 1.807) is 0 Å². The molecule has 2 nitrogen and oxygen atoms in total. The van der Waals surface area contributed by atoms with Gasteiger partial charge in [0.15, 0.2) is 0 Å². The summed E-state index contributed by atoms with van der Waals surface area (Å²) in [5.74, 6) is 0.799. The van der Waals surface area contributed by atoms with Gasteiger partial charge in [0, 0.05) is 24.8 Å². The van der Waals surface area contributed by atoms with Crippen molar-refractivity contribution in [1.29, 1.82) is 0 Å². The normalized spacial score (nSPS) is 19.8. The first kappa shape index (κ1) is 13.4. The molecule has 1 aromatic carbocycles. The van der Waals surface area contributed by atoms with Gasteiger partial charge in [-0.1, -0.05) is 31.5 Å².